The molecule has 78 valence electrons. The summed E-state index contributed by atoms with van der Waals surface area (Å²) >= 11 is 5.19. The lowest BCUT2D eigenvalue weighted by molar-refractivity contribution is -0.0991. The molecule has 0 spiro atoms. The summed E-state index contributed by atoms with van der Waals surface area (Å²) in [4.78, 5) is 0. The molecule has 1 aliphatic rings. The molecule has 1 N–H and O–H groups in total. The molecule has 1 aromatic rings. The van der Waals surface area contributed by atoms with Gasteiger partial charge in [-0.25, -0.2) is 0 Å². The van der Waals surface area contributed by atoms with E-state index in [1.54, 1.807) is 11.3 Å². The molecule has 14 heavy (non-hydrogen) atoms. The van der Waals surface area contributed by atoms with Crippen LogP contribution in [0.4, 0.5) is 0 Å². The van der Waals surface area contributed by atoms with Gasteiger partial charge in [0.25, 0.3) is 0 Å². The van der Waals surface area contributed by atoms with E-state index in [1.807, 2.05) is 0 Å². The van der Waals surface area contributed by atoms with E-state index in [9.17, 15) is 0 Å². The van der Waals surface area contributed by atoms with Gasteiger partial charge < -0.3 is 10.1 Å². The topological polar surface area (TPSA) is 21.3 Å². The van der Waals surface area contributed by atoms with Crippen molar-refractivity contribution in [1.82, 2.24) is 5.32 Å². The lowest BCUT2D eigenvalue weighted by Gasteiger charge is -2.38. The molecule has 0 radical (unpaired) electrons. The van der Waals surface area contributed by atoms with Gasteiger partial charge in [-0.05, 0) is 32.9 Å². The Balaban J connectivity index is 1.72. The minimum atomic E-state index is 0.368. The molecule has 1 aliphatic heterocycles. The van der Waals surface area contributed by atoms with Crippen molar-refractivity contribution >= 4 is 27.3 Å². The summed E-state index contributed by atoms with van der Waals surface area (Å²) in [5.74, 6) is 0. The van der Waals surface area contributed by atoms with Crippen molar-refractivity contribution in [3.05, 3.63) is 20.8 Å². The Kier molecular flexibility index (Phi) is 3.27. The van der Waals surface area contributed by atoms with Crippen LogP contribution in [0.5, 0.6) is 0 Å². The first kappa shape index (κ1) is 10.6. The molecule has 1 aromatic heterocycles. The molecule has 0 amide bonds. The summed E-state index contributed by atoms with van der Waals surface area (Å²) in [5, 5.41) is 5.64. The lowest BCUT2D eigenvalue weighted by Crippen LogP contribution is -2.47. The molecular formula is C10H14BrNOS. The van der Waals surface area contributed by atoms with Crippen molar-refractivity contribution in [3.8, 4) is 0 Å². The number of ether oxygens (including phenoxy) is 1. The SMILES string of the molecule is CC1(CNCc2csc(Br)c2)COC1. The van der Waals surface area contributed by atoms with Crippen LogP contribution < -0.4 is 5.32 Å². The number of thiophene rings is 1. The van der Waals surface area contributed by atoms with Crippen molar-refractivity contribution in [2.75, 3.05) is 19.8 Å². The van der Waals surface area contributed by atoms with E-state index in [-0.39, 0.29) is 0 Å². The van der Waals surface area contributed by atoms with Gasteiger partial charge in [0.15, 0.2) is 0 Å². The van der Waals surface area contributed by atoms with Gasteiger partial charge >= 0.3 is 0 Å². The molecule has 0 bridgehead atoms. The second-order valence-corrected chi connectivity index (χ2v) is 6.46. The minimum Gasteiger partial charge on any atom is -0.380 e. The number of halogens is 1. The van der Waals surface area contributed by atoms with Gasteiger partial charge in [-0.2, -0.15) is 0 Å². The molecule has 0 unspecified atom stereocenters. The maximum atomic E-state index is 5.20. The fraction of sp³-hybridized carbons (Fsp3) is 0.600. The van der Waals surface area contributed by atoms with Gasteiger partial charge in [0, 0.05) is 18.5 Å². The van der Waals surface area contributed by atoms with Crippen molar-refractivity contribution in [3.63, 3.8) is 0 Å². The Hall–Kier alpha value is 0.1000. The predicted molar refractivity (Wildman–Crippen MR) is 62.7 cm³/mol. The van der Waals surface area contributed by atoms with Crippen molar-refractivity contribution < 1.29 is 4.74 Å². The first-order chi connectivity index (χ1) is 6.68. The highest BCUT2D eigenvalue weighted by Gasteiger charge is 2.32. The van der Waals surface area contributed by atoms with E-state index in [2.05, 4.69) is 39.6 Å². The number of hydrogen-bond acceptors (Lipinski definition) is 3. The van der Waals surface area contributed by atoms with Crippen LogP contribution in [-0.2, 0) is 11.3 Å². The maximum Gasteiger partial charge on any atom is 0.0701 e. The summed E-state index contributed by atoms with van der Waals surface area (Å²) < 4.78 is 6.40. The van der Waals surface area contributed by atoms with Crippen LogP contribution in [0, 0.1) is 5.41 Å². The summed E-state index contributed by atoms with van der Waals surface area (Å²) in [6.07, 6.45) is 0. The molecule has 0 aromatic carbocycles. The fourth-order valence-corrected chi connectivity index (χ4v) is 2.71. The molecule has 1 saturated heterocycles. The average molecular weight is 276 g/mol. The van der Waals surface area contributed by atoms with Gasteiger partial charge in [0.1, 0.15) is 0 Å². The number of rotatable bonds is 4. The van der Waals surface area contributed by atoms with Gasteiger partial charge in [-0.15, -0.1) is 11.3 Å². The smallest absolute Gasteiger partial charge is 0.0701 e. The van der Waals surface area contributed by atoms with Crippen LogP contribution in [0.3, 0.4) is 0 Å². The Bertz CT molecular complexity index is 309. The van der Waals surface area contributed by atoms with Gasteiger partial charge in [-0.1, -0.05) is 6.92 Å². The van der Waals surface area contributed by atoms with Crippen molar-refractivity contribution in [2.24, 2.45) is 5.41 Å². The quantitative estimate of drug-likeness (QED) is 0.912. The third-order valence-corrected chi connectivity index (χ3v) is 3.96. The normalized spacial score (nSPS) is 19.3. The summed E-state index contributed by atoms with van der Waals surface area (Å²) in [7, 11) is 0. The highest BCUT2D eigenvalue weighted by molar-refractivity contribution is 9.11. The third kappa shape index (κ3) is 2.57. The molecule has 1 fully saturated rings. The van der Waals surface area contributed by atoms with Crippen LogP contribution in [0.1, 0.15) is 12.5 Å². The Morgan fingerprint density at radius 3 is 2.93 bits per heavy atom. The molecule has 4 heteroatoms. The van der Waals surface area contributed by atoms with Crippen LogP contribution in [0.15, 0.2) is 15.2 Å². The van der Waals surface area contributed by atoms with E-state index >= 15 is 0 Å². The van der Waals surface area contributed by atoms with Crippen LogP contribution in [-0.4, -0.2) is 19.8 Å². The Labute approximate surface area is 96.8 Å². The minimum absolute atomic E-state index is 0.368. The standard InChI is InChI=1S/C10H14BrNOS/c1-10(6-13-7-10)5-12-3-8-2-9(11)14-4-8/h2,4,12H,3,5-7H2,1H3. The van der Waals surface area contributed by atoms with Gasteiger partial charge in [0.05, 0.1) is 17.0 Å². The first-order valence-electron chi connectivity index (χ1n) is 4.69. The molecular weight excluding hydrogens is 262 g/mol. The first-order valence-corrected chi connectivity index (χ1v) is 6.37. The van der Waals surface area contributed by atoms with Crippen molar-refractivity contribution in [1.29, 1.82) is 0 Å². The molecule has 2 rings (SSSR count). The molecule has 2 heterocycles. The maximum absolute atomic E-state index is 5.20. The second-order valence-electron chi connectivity index (χ2n) is 4.17. The number of hydrogen-bond donors (Lipinski definition) is 1. The lowest BCUT2D eigenvalue weighted by atomic mass is 9.89. The summed E-state index contributed by atoms with van der Waals surface area (Å²) in [5.41, 5.74) is 1.72. The number of nitrogens with one attached hydrogen (secondary N) is 1. The predicted octanol–water partition coefficient (Wildman–Crippen LogP) is 2.64. The van der Waals surface area contributed by atoms with E-state index < -0.39 is 0 Å². The highest BCUT2D eigenvalue weighted by atomic mass is 79.9. The Morgan fingerprint density at radius 2 is 2.43 bits per heavy atom. The molecule has 0 atom stereocenters. The zero-order chi connectivity index (χ0) is 10.0. The van der Waals surface area contributed by atoms with Crippen LogP contribution in [0.2, 0.25) is 0 Å². The average Bonchev–Trinajstić information content (AvgIpc) is 2.49. The van der Waals surface area contributed by atoms with E-state index in [4.69, 9.17) is 4.74 Å². The van der Waals surface area contributed by atoms with Crippen molar-refractivity contribution in [2.45, 2.75) is 13.5 Å². The van der Waals surface area contributed by atoms with Crippen LogP contribution in [0.25, 0.3) is 0 Å². The largest absolute Gasteiger partial charge is 0.380 e. The molecule has 2 nitrogen and oxygen atoms in total. The fourth-order valence-electron chi connectivity index (χ4n) is 1.50. The van der Waals surface area contributed by atoms with Gasteiger partial charge in [-0.3, -0.25) is 0 Å². The van der Waals surface area contributed by atoms with E-state index in [1.165, 1.54) is 9.35 Å². The summed E-state index contributed by atoms with van der Waals surface area (Å²) in [6.45, 7) is 6.05. The van der Waals surface area contributed by atoms with E-state index in [0.717, 1.165) is 26.3 Å². The second kappa shape index (κ2) is 4.31. The van der Waals surface area contributed by atoms with Crippen LogP contribution >= 0.6 is 27.3 Å². The zero-order valence-corrected chi connectivity index (χ0v) is 10.6. The summed E-state index contributed by atoms with van der Waals surface area (Å²) in [6, 6.07) is 2.16. The monoisotopic (exact) mass is 275 g/mol. The van der Waals surface area contributed by atoms with Gasteiger partial charge in [0.2, 0.25) is 0 Å². The molecule has 0 aliphatic carbocycles. The molecule has 0 saturated carbocycles. The third-order valence-electron chi connectivity index (χ3n) is 2.40. The van der Waals surface area contributed by atoms with E-state index in [0.29, 0.717) is 5.41 Å². The Morgan fingerprint density at radius 1 is 1.64 bits per heavy atom. The highest BCUT2D eigenvalue weighted by Crippen LogP contribution is 2.25. The zero-order valence-electron chi connectivity index (χ0n) is 8.18.